The van der Waals surface area contributed by atoms with Crippen molar-refractivity contribution in [3.05, 3.63) is 63.7 Å². The van der Waals surface area contributed by atoms with Crippen LogP contribution in [0, 0.1) is 12.7 Å². The fourth-order valence-corrected chi connectivity index (χ4v) is 3.36. The van der Waals surface area contributed by atoms with Gasteiger partial charge in [0.05, 0.1) is 5.69 Å². The van der Waals surface area contributed by atoms with Gasteiger partial charge in [-0.25, -0.2) is 9.37 Å². The van der Waals surface area contributed by atoms with Gasteiger partial charge in [0.25, 0.3) is 0 Å². The molecule has 0 aliphatic carbocycles. The molecule has 3 rings (SSSR count). The molecule has 4 heteroatoms. The molecule has 2 aromatic carbocycles. The summed E-state index contributed by atoms with van der Waals surface area (Å²) < 4.78 is 14.2. The lowest BCUT2D eigenvalue weighted by Crippen LogP contribution is -1.85. The van der Waals surface area contributed by atoms with Gasteiger partial charge in [0.1, 0.15) is 10.8 Å². The van der Waals surface area contributed by atoms with Gasteiger partial charge in [-0.05, 0) is 42.8 Å². The number of halogens is 2. The first-order chi connectivity index (χ1) is 9.63. The lowest BCUT2D eigenvalue weighted by Gasteiger charge is -2.02. The Hall–Kier alpha value is -1.52. The van der Waals surface area contributed by atoms with E-state index in [0.29, 0.717) is 0 Å². The maximum atomic E-state index is 13.2. The molecule has 1 heterocycles. The third-order valence-corrected chi connectivity index (χ3v) is 4.41. The molecule has 0 saturated heterocycles. The fraction of sp³-hybridized carbons (Fsp3) is 0.0625. The van der Waals surface area contributed by atoms with E-state index < -0.39 is 0 Å². The molecule has 0 atom stereocenters. The van der Waals surface area contributed by atoms with Crippen LogP contribution in [-0.2, 0) is 0 Å². The summed E-state index contributed by atoms with van der Waals surface area (Å²) in [6.45, 7) is 1.90. The highest BCUT2D eigenvalue weighted by atomic mass is 79.9. The third kappa shape index (κ3) is 2.67. The highest BCUT2D eigenvalue weighted by molar-refractivity contribution is 9.10. The highest BCUT2D eigenvalue weighted by Crippen LogP contribution is 2.31. The summed E-state index contributed by atoms with van der Waals surface area (Å²) in [6, 6.07) is 12.8. The van der Waals surface area contributed by atoms with Crippen molar-refractivity contribution in [2.75, 3.05) is 0 Å². The van der Waals surface area contributed by atoms with Crippen molar-refractivity contribution >= 4 is 27.3 Å². The van der Waals surface area contributed by atoms with E-state index in [1.165, 1.54) is 12.1 Å². The molecule has 0 aliphatic heterocycles. The molecule has 1 nitrogen and oxygen atoms in total. The van der Waals surface area contributed by atoms with Crippen LogP contribution in [0.1, 0.15) is 5.56 Å². The second-order valence-corrected chi connectivity index (χ2v) is 6.28. The van der Waals surface area contributed by atoms with Gasteiger partial charge < -0.3 is 0 Å². The van der Waals surface area contributed by atoms with Crippen LogP contribution in [0.5, 0.6) is 0 Å². The molecule has 0 aliphatic rings. The summed E-state index contributed by atoms with van der Waals surface area (Å²) >= 11 is 5.04. The molecule has 0 spiro atoms. The zero-order valence-corrected chi connectivity index (χ0v) is 13.1. The standard InChI is InChI=1S/C16H11BrFNS/c1-10-7-13(18)5-6-14(10)16-19-15(9-20-16)11-3-2-4-12(17)8-11/h2-9H,1H3. The maximum Gasteiger partial charge on any atom is 0.124 e. The van der Waals surface area contributed by atoms with Crippen LogP contribution in [0.25, 0.3) is 21.8 Å². The van der Waals surface area contributed by atoms with Crippen LogP contribution >= 0.6 is 27.3 Å². The van der Waals surface area contributed by atoms with E-state index in [1.807, 2.05) is 36.6 Å². The van der Waals surface area contributed by atoms with Crippen molar-refractivity contribution in [2.45, 2.75) is 6.92 Å². The van der Waals surface area contributed by atoms with Crippen molar-refractivity contribution in [1.29, 1.82) is 0 Å². The summed E-state index contributed by atoms with van der Waals surface area (Å²) in [6.07, 6.45) is 0. The van der Waals surface area contributed by atoms with Crippen LogP contribution in [0.4, 0.5) is 4.39 Å². The molecule has 1 aromatic heterocycles. The first-order valence-corrected chi connectivity index (χ1v) is 7.79. The van der Waals surface area contributed by atoms with Gasteiger partial charge in [-0.3, -0.25) is 0 Å². The van der Waals surface area contributed by atoms with Crippen molar-refractivity contribution in [2.24, 2.45) is 0 Å². The molecule has 20 heavy (non-hydrogen) atoms. The van der Waals surface area contributed by atoms with Crippen LogP contribution in [0.3, 0.4) is 0 Å². The Labute approximate surface area is 129 Å². The lowest BCUT2D eigenvalue weighted by atomic mass is 10.1. The second kappa shape index (κ2) is 5.46. The number of nitrogens with zero attached hydrogens (tertiary/aromatic N) is 1. The van der Waals surface area contributed by atoms with Gasteiger partial charge in [-0.1, -0.05) is 28.1 Å². The maximum absolute atomic E-state index is 13.2. The Balaban J connectivity index is 2.02. The number of hydrogen-bond acceptors (Lipinski definition) is 2. The van der Waals surface area contributed by atoms with E-state index in [2.05, 4.69) is 20.9 Å². The Morgan fingerprint density at radius 1 is 1.15 bits per heavy atom. The minimum Gasteiger partial charge on any atom is -0.236 e. The molecule has 100 valence electrons. The smallest absolute Gasteiger partial charge is 0.124 e. The van der Waals surface area contributed by atoms with Crippen LogP contribution in [0.15, 0.2) is 52.3 Å². The predicted octanol–water partition coefficient (Wildman–Crippen LogP) is 5.69. The molecule has 0 bridgehead atoms. The number of aromatic nitrogens is 1. The van der Waals surface area contributed by atoms with Crippen LogP contribution in [0.2, 0.25) is 0 Å². The number of rotatable bonds is 2. The number of benzene rings is 2. The Kier molecular flexibility index (Phi) is 3.68. The topological polar surface area (TPSA) is 12.9 Å². The largest absolute Gasteiger partial charge is 0.236 e. The molecule has 3 aromatic rings. The Morgan fingerprint density at radius 3 is 2.75 bits per heavy atom. The molecule has 0 fully saturated rings. The van der Waals surface area contributed by atoms with Crippen LogP contribution < -0.4 is 0 Å². The van der Waals surface area contributed by atoms with Crippen molar-refractivity contribution < 1.29 is 4.39 Å². The fourth-order valence-electron chi connectivity index (χ4n) is 2.04. The van der Waals surface area contributed by atoms with Gasteiger partial charge in [0.2, 0.25) is 0 Å². The highest BCUT2D eigenvalue weighted by Gasteiger charge is 2.09. The van der Waals surface area contributed by atoms with Gasteiger partial charge in [0, 0.05) is 21.0 Å². The minimum absolute atomic E-state index is 0.213. The molecule has 0 N–H and O–H groups in total. The first kappa shape index (κ1) is 13.5. The quantitative estimate of drug-likeness (QED) is 0.580. The van der Waals surface area contributed by atoms with Gasteiger partial charge in [-0.2, -0.15) is 0 Å². The minimum atomic E-state index is -0.213. The van der Waals surface area contributed by atoms with E-state index in [4.69, 9.17) is 0 Å². The summed E-state index contributed by atoms with van der Waals surface area (Å²) in [7, 11) is 0. The lowest BCUT2D eigenvalue weighted by molar-refractivity contribution is 0.627. The third-order valence-electron chi connectivity index (χ3n) is 3.04. The summed E-state index contributed by atoms with van der Waals surface area (Å²) in [4.78, 5) is 4.66. The average molecular weight is 348 g/mol. The van der Waals surface area contributed by atoms with E-state index in [9.17, 15) is 4.39 Å². The van der Waals surface area contributed by atoms with E-state index in [-0.39, 0.29) is 5.82 Å². The zero-order valence-electron chi connectivity index (χ0n) is 10.7. The molecule has 0 radical (unpaired) electrons. The monoisotopic (exact) mass is 347 g/mol. The van der Waals surface area contributed by atoms with Gasteiger partial charge in [-0.15, -0.1) is 11.3 Å². The number of aryl methyl sites for hydroxylation is 1. The summed E-state index contributed by atoms with van der Waals surface area (Å²) in [5, 5.41) is 2.94. The zero-order chi connectivity index (χ0) is 14.1. The predicted molar refractivity (Wildman–Crippen MR) is 85.4 cm³/mol. The van der Waals surface area contributed by atoms with E-state index in [1.54, 1.807) is 17.4 Å². The molecule has 0 saturated carbocycles. The van der Waals surface area contributed by atoms with E-state index in [0.717, 1.165) is 31.9 Å². The number of thiazole rings is 1. The van der Waals surface area contributed by atoms with Crippen molar-refractivity contribution in [3.8, 4) is 21.8 Å². The van der Waals surface area contributed by atoms with Crippen molar-refractivity contribution in [3.63, 3.8) is 0 Å². The van der Waals surface area contributed by atoms with E-state index >= 15 is 0 Å². The molecular weight excluding hydrogens is 337 g/mol. The Morgan fingerprint density at radius 2 is 2.00 bits per heavy atom. The Bertz CT molecular complexity index is 767. The summed E-state index contributed by atoms with van der Waals surface area (Å²) in [5.41, 5.74) is 3.90. The van der Waals surface area contributed by atoms with Gasteiger partial charge in [0.15, 0.2) is 0 Å². The first-order valence-electron chi connectivity index (χ1n) is 6.11. The van der Waals surface area contributed by atoms with Gasteiger partial charge >= 0.3 is 0 Å². The second-order valence-electron chi connectivity index (χ2n) is 4.51. The summed E-state index contributed by atoms with van der Waals surface area (Å²) in [5.74, 6) is -0.213. The number of hydrogen-bond donors (Lipinski definition) is 0. The normalized spacial score (nSPS) is 10.8. The molecule has 0 unspecified atom stereocenters. The molecule has 0 amide bonds. The average Bonchev–Trinajstić information content (AvgIpc) is 2.88. The molecular formula is C16H11BrFNS. The van der Waals surface area contributed by atoms with Crippen LogP contribution in [-0.4, -0.2) is 4.98 Å². The van der Waals surface area contributed by atoms with Crippen molar-refractivity contribution in [1.82, 2.24) is 4.98 Å². The SMILES string of the molecule is Cc1cc(F)ccc1-c1nc(-c2cccc(Br)c2)cs1.